The number of nitrogens with one attached hydrogen (secondary N) is 1. The van der Waals surface area contributed by atoms with Gasteiger partial charge in [0.15, 0.2) is 5.54 Å². The molecule has 0 fully saturated rings. The molecule has 1 atom stereocenters. The largest absolute Gasteiger partial charge is 0.327 e. The maximum Gasteiger partial charge on any atom is 0.327 e. The lowest BCUT2D eigenvalue weighted by molar-refractivity contribution is -0.122. The van der Waals surface area contributed by atoms with Crippen molar-refractivity contribution >= 4 is 28.5 Å². The van der Waals surface area contributed by atoms with E-state index in [1.165, 1.54) is 0 Å². The Morgan fingerprint density at radius 2 is 1.74 bits per heavy atom. The maximum atomic E-state index is 13.1. The number of carbonyl (C=O) groups is 2. The minimum Gasteiger partial charge on any atom is -0.314 e. The molecule has 5 rings (SSSR count). The fourth-order valence-corrected chi connectivity index (χ4v) is 3.86. The molecule has 1 unspecified atom stereocenters. The van der Waals surface area contributed by atoms with Crippen LogP contribution in [0.4, 0.5) is 10.5 Å². The SMILES string of the molecule is CN1C(=O)C2(NC(=O)n3c2cc2ccccc23)c2ccccc21. The highest BCUT2D eigenvalue weighted by atomic mass is 16.2. The molecule has 2 aliphatic rings. The fourth-order valence-electron chi connectivity index (χ4n) is 3.86. The number of likely N-dealkylation sites (N-methyl/N-ethyl adjacent to an activating group) is 1. The number of aromatic nitrogens is 1. The number of para-hydroxylation sites is 2. The van der Waals surface area contributed by atoms with Gasteiger partial charge in [-0.1, -0.05) is 36.4 Å². The number of carbonyl (C=O) groups excluding carboxylic acids is 2. The first kappa shape index (κ1) is 12.5. The van der Waals surface area contributed by atoms with E-state index in [0.717, 1.165) is 22.2 Å². The van der Waals surface area contributed by atoms with Crippen LogP contribution in [0.1, 0.15) is 11.3 Å². The Kier molecular flexibility index (Phi) is 2.07. The quantitative estimate of drug-likeness (QED) is 0.693. The number of hydrogen-bond donors (Lipinski definition) is 1. The van der Waals surface area contributed by atoms with Crippen LogP contribution < -0.4 is 10.2 Å². The van der Waals surface area contributed by atoms with Gasteiger partial charge in [0.1, 0.15) is 0 Å². The van der Waals surface area contributed by atoms with Crippen molar-refractivity contribution in [2.75, 3.05) is 11.9 Å². The van der Waals surface area contributed by atoms with Crippen LogP contribution in [0.15, 0.2) is 54.6 Å². The molecule has 3 aromatic rings. The summed E-state index contributed by atoms with van der Waals surface area (Å²) in [6, 6.07) is 16.9. The van der Waals surface area contributed by atoms with Crippen molar-refractivity contribution in [2.24, 2.45) is 0 Å². The van der Waals surface area contributed by atoms with Crippen LogP contribution in [0, 0.1) is 0 Å². The van der Waals surface area contributed by atoms with E-state index in [2.05, 4.69) is 5.32 Å². The van der Waals surface area contributed by atoms with Gasteiger partial charge in [0.2, 0.25) is 0 Å². The zero-order valence-electron chi connectivity index (χ0n) is 12.4. The van der Waals surface area contributed by atoms with E-state index in [4.69, 9.17) is 0 Å². The molecule has 5 nitrogen and oxygen atoms in total. The molecule has 0 saturated heterocycles. The Balaban J connectivity index is 1.91. The van der Waals surface area contributed by atoms with Crippen LogP contribution in [0.2, 0.25) is 0 Å². The van der Waals surface area contributed by atoms with E-state index in [9.17, 15) is 9.59 Å². The smallest absolute Gasteiger partial charge is 0.314 e. The van der Waals surface area contributed by atoms with Crippen LogP contribution in [0.5, 0.6) is 0 Å². The highest BCUT2D eigenvalue weighted by Gasteiger charge is 2.57. The minimum atomic E-state index is -1.12. The second-order valence-electron chi connectivity index (χ2n) is 5.99. The van der Waals surface area contributed by atoms with Gasteiger partial charge < -0.3 is 10.2 Å². The van der Waals surface area contributed by atoms with Crippen molar-refractivity contribution in [1.29, 1.82) is 0 Å². The first-order valence-corrected chi connectivity index (χ1v) is 7.46. The predicted molar refractivity (Wildman–Crippen MR) is 86.5 cm³/mol. The average Bonchev–Trinajstić information content (AvgIpc) is 3.16. The van der Waals surface area contributed by atoms with Crippen molar-refractivity contribution in [2.45, 2.75) is 5.54 Å². The van der Waals surface area contributed by atoms with Crippen LogP contribution in [0.3, 0.4) is 0 Å². The zero-order valence-corrected chi connectivity index (χ0v) is 12.4. The lowest BCUT2D eigenvalue weighted by Gasteiger charge is -2.22. The lowest BCUT2D eigenvalue weighted by Crippen LogP contribution is -2.48. The van der Waals surface area contributed by atoms with E-state index in [1.807, 2.05) is 54.6 Å². The number of amides is 2. The van der Waals surface area contributed by atoms with E-state index >= 15 is 0 Å². The second kappa shape index (κ2) is 3.81. The number of fused-ring (bicyclic) bond motifs is 6. The van der Waals surface area contributed by atoms with Gasteiger partial charge in [0.05, 0.1) is 11.2 Å². The standard InChI is InChI=1S/C18H13N3O2/c1-20-14-9-5-3-7-12(14)18(16(20)22)15-10-11-6-2-4-8-13(11)21(15)17(23)19-18/h2-10H,1H3,(H,19,23). The molecule has 0 bridgehead atoms. The summed E-state index contributed by atoms with van der Waals surface area (Å²) >= 11 is 0. The van der Waals surface area contributed by atoms with Gasteiger partial charge in [-0.25, -0.2) is 4.79 Å². The Morgan fingerprint density at radius 1 is 1.00 bits per heavy atom. The van der Waals surface area contributed by atoms with Gasteiger partial charge in [-0.15, -0.1) is 0 Å². The maximum absolute atomic E-state index is 13.1. The number of anilines is 1. The number of rotatable bonds is 0. The summed E-state index contributed by atoms with van der Waals surface area (Å²) in [4.78, 5) is 27.3. The predicted octanol–water partition coefficient (Wildman–Crippen LogP) is 2.43. The fraction of sp³-hybridized carbons (Fsp3) is 0.111. The molecule has 2 amide bonds. The van der Waals surface area contributed by atoms with Gasteiger partial charge in [0, 0.05) is 23.7 Å². The Morgan fingerprint density at radius 3 is 2.61 bits per heavy atom. The topological polar surface area (TPSA) is 54.3 Å². The summed E-state index contributed by atoms with van der Waals surface area (Å²) in [6.45, 7) is 0. The van der Waals surface area contributed by atoms with Crippen molar-refractivity contribution in [3.8, 4) is 0 Å². The molecule has 1 spiro atoms. The van der Waals surface area contributed by atoms with E-state index in [-0.39, 0.29) is 11.9 Å². The first-order chi connectivity index (χ1) is 11.1. The van der Waals surface area contributed by atoms with Crippen molar-refractivity contribution in [1.82, 2.24) is 9.88 Å². The average molecular weight is 303 g/mol. The molecular formula is C18H13N3O2. The molecule has 2 aliphatic heterocycles. The highest BCUT2D eigenvalue weighted by molar-refractivity contribution is 6.14. The molecular weight excluding hydrogens is 290 g/mol. The van der Waals surface area contributed by atoms with Crippen molar-refractivity contribution < 1.29 is 9.59 Å². The number of benzene rings is 2. The monoisotopic (exact) mass is 303 g/mol. The summed E-state index contributed by atoms with van der Waals surface area (Å²) in [5.74, 6) is -0.131. The Bertz CT molecular complexity index is 1020. The van der Waals surface area contributed by atoms with E-state index < -0.39 is 5.54 Å². The number of hydrogen-bond acceptors (Lipinski definition) is 2. The summed E-state index contributed by atoms with van der Waals surface area (Å²) in [5.41, 5.74) is 2.03. The van der Waals surface area contributed by atoms with Crippen LogP contribution in [0.25, 0.3) is 10.9 Å². The minimum absolute atomic E-state index is 0.131. The molecule has 23 heavy (non-hydrogen) atoms. The van der Waals surface area contributed by atoms with Crippen molar-refractivity contribution in [3.63, 3.8) is 0 Å². The van der Waals surface area contributed by atoms with Gasteiger partial charge in [-0.2, -0.15) is 0 Å². The third kappa shape index (κ3) is 1.25. The van der Waals surface area contributed by atoms with Crippen LogP contribution in [-0.2, 0) is 10.3 Å². The highest BCUT2D eigenvalue weighted by Crippen LogP contribution is 2.47. The van der Waals surface area contributed by atoms with Gasteiger partial charge in [-0.3, -0.25) is 9.36 Å². The molecule has 1 aromatic heterocycles. The first-order valence-electron chi connectivity index (χ1n) is 7.46. The van der Waals surface area contributed by atoms with Crippen LogP contribution in [-0.4, -0.2) is 23.6 Å². The summed E-state index contributed by atoms with van der Waals surface area (Å²) in [5, 5.41) is 3.89. The second-order valence-corrected chi connectivity index (χ2v) is 5.99. The van der Waals surface area contributed by atoms with Crippen LogP contribution >= 0.6 is 0 Å². The summed E-state index contributed by atoms with van der Waals surface area (Å²) in [7, 11) is 1.74. The molecule has 112 valence electrons. The van der Waals surface area contributed by atoms with E-state index in [0.29, 0.717) is 5.69 Å². The van der Waals surface area contributed by atoms with E-state index in [1.54, 1.807) is 16.5 Å². The Labute approximate surface area is 132 Å². The van der Waals surface area contributed by atoms with Gasteiger partial charge in [0.25, 0.3) is 5.91 Å². The normalized spacial score (nSPS) is 21.9. The third-order valence-electron chi connectivity index (χ3n) is 4.89. The molecule has 0 aliphatic carbocycles. The molecule has 0 saturated carbocycles. The lowest BCUT2D eigenvalue weighted by atomic mass is 9.88. The molecule has 5 heteroatoms. The molecule has 2 aromatic carbocycles. The third-order valence-corrected chi connectivity index (χ3v) is 4.89. The molecule has 3 heterocycles. The summed E-state index contributed by atoms with van der Waals surface area (Å²) in [6.07, 6.45) is 0. The van der Waals surface area contributed by atoms with Gasteiger partial charge in [-0.05, 0) is 18.2 Å². The summed E-state index contributed by atoms with van der Waals surface area (Å²) < 4.78 is 1.61. The van der Waals surface area contributed by atoms with Gasteiger partial charge >= 0.3 is 6.03 Å². The Hall–Kier alpha value is -3.08. The zero-order chi connectivity index (χ0) is 15.8. The van der Waals surface area contributed by atoms with Crippen molar-refractivity contribution in [3.05, 3.63) is 65.9 Å². The molecule has 1 N–H and O–H groups in total. The molecule has 0 radical (unpaired) electrons. The number of nitrogens with zero attached hydrogens (tertiary/aromatic N) is 2.